The van der Waals surface area contributed by atoms with E-state index in [4.69, 9.17) is 5.11 Å². The lowest BCUT2D eigenvalue weighted by Crippen LogP contribution is -2.36. The minimum Gasteiger partial charge on any atom is -0.481 e. The van der Waals surface area contributed by atoms with Crippen molar-refractivity contribution in [1.29, 1.82) is 0 Å². The maximum Gasteiger partial charge on any atom is 0.315 e. The van der Waals surface area contributed by atoms with Crippen molar-refractivity contribution in [3.8, 4) is 0 Å². The van der Waals surface area contributed by atoms with Gasteiger partial charge in [0.25, 0.3) is 5.91 Å². The van der Waals surface area contributed by atoms with Crippen molar-refractivity contribution in [2.75, 3.05) is 13.1 Å². The monoisotopic (exact) mass is 195 g/mol. The van der Waals surface area contributed by atoms with Crippen molar-refractivity contribution < 1.29 is 23.5 Å². The molecule has 1 amide bonds. The molecule has 0 saturated heterocycles. The first-order valence-corrected chi connectivity index (χ1v) is 3.77. The number of aliphatic carboxylic acids is 1. The van der Waals surface area contributed by atoms with Crippen LogP contribution in [0.25, 0.3) is 0 Å². The third-order valence-corrected chi connectivity index (χ3v) is 1.48. The summed E-state index contributed by atoms with van der Waals surface area (Å²) in [6, 6.07) is 0. The number of alkyl halides is 2. The number of carboxylic acid groups (broad SMARTS) is 1. The minimum absolute atomic E-state index is 0.0937. The van der Waals surface area contributed by atoms with Crippen molar-refractivity contribution in [3.05, 3.63) is 0 Å². The number of carboxylic acids is 1. The van der Waals surface area contributed by atoms with E-state index in [0.717, 1.165) is 4.90 Å². The molecule has 0 saturated carbocycles. The highest BCUT2D eigenvalue weighted by Crippen LogP contribution is 2.01. The minimum atomic E-state index is -3.06. The number of hydrogen-bond acceptors (Lipinski definition) is 2. The first kappa shape index (κ1) is 11.8. The van der Waals surface area contributed by atoms with Crippen LogP contribution in [0.1, 0.15) is 13.3 Å². The molecule has 0 aliphatic heterocycles. The molecule has 1 N–H and O–H groups in total. The number of carbonyl (C=O) groups excluding carboxylic acids is 1. The van der Waals surface area contributed by atoms with Gasteiger partial charge in [0.15, 0.2) is 0 Å². The van der Waals surface area contributed by atoms with E-state index in [-0.39, 0.29) is 19.5 Å². The molecule has 13 heavy (non-hydrogen) atoms. The Balaban J connectivity index is 4.02. The Kier molecular flexibility index (Phi) is 4.94. The first-order chi connectivity index (χ1) is 5.99. The van der Waals surface area contributed by atoms with Gasteiger partial charge in [-0.1, -0.05) is 0 Å². The molecule has 0 fully saturated rings. The zero-order chi connectivity index (χ0) is 10.4. The van der Waals surface area contributed by atoms with Crippen LogP contribution in [0.3, 0.4) is 0 Å². The fourth-order valence-corrected chi connectivity index (χ4v) is 0.793. The van der Waals surface area contributed by atoms with Gasteiger partial charge in [-0.15, -0.1) is 0 Å². The zero-order valence-electron chi connectivity index (χ0n) is 7.17. The first-order valence-electron chi connectivity index (χ1n) is 3.77. The van der Waals surface area contributed by atoms with Gasteiger partial charge in [0.05, 0.1) is 6.42 Å². The Morgan fingerprint density at radius 1 is 1.46 bits per heavy atom. The second-order valence-corrected chi connectivity index (χ2v) is 2.36. The molecule has 0 atom stereocenters. The summed E-state index contributed by atoms with van der Waals surface area (Å²) in [4.78, 5) is 21.6. The van der Waals surface area contributed by atoms with Gasteiger partial charge in [0, 0.05) is 13.1 Å². The topological polar surface area (TPSA) is 57.6 Å². The fraction of sp³-hybridized carbons (Fsp3) is 0.714. The number of hydrogen-bond donors (Lipinski definition) is 1. The third kappa shape index (κ3) is 4.39. The summed E-state index contributed by atoms with van der Waals surface area (Å²) in [5, 5.41) is 8.25. The summed E-state index contributed by atoms with van der Waals surface area (Å²) < 4.78 is 23.7. The van der Waals surface area contributed by atoms with Crippen molar-refractivity contribution in [2.45, 2.75) is 19.8 Å². The summed E-state index contributed by atoms with van der Waals surface area (Å²) in [7, 11) is 0. The molecular weight excluding hydrogens is 184 g/mol. The molecule has 0 aliphatic carbocycles. The van der Waals surface area contributed by atoms with Crippen LogP contribution in [0.4, 0.5) is 8.78 Å². The molecule has 0 aromatic rings. The number of halogens is 2. The van der Waals surface area contributed by atoms with E-state index in [1.807, 2.05) is 0 Å². The van der Waals surface area contributed by atoms with Crippen molar-refractivity contribution in [2.24, 2.45) is 0 Å². The second kappa shape index (κ2) is 5.45. The smallest absolute Gasteiger partial charge is 0.315 e. The molecule has 4 nitrogen and oxygen atoms in total. The molecule has 0 unspecified atom stereocenters. The Bertz CT molecular complexity index is 196. The summed E-state index contributed by atoms with van der Waals surface area (Å²) in [6.45, 7) is 1.44. The highest BCUT2D eigenvalue weighted by atomic mass is 19.3. The lowest BCUT2D eigenvalue weighted by Gasteiger charge is -2.18. The van der Waals surface area contributed by atoms with Gasteiger partial charge >= 0.3 is 12.4 Å². The van der Waals surface area contributed by atoms with Gasteiger partial charge in [-0.2, -0.15) is 8.78 Å². The van der Waals surface area contributed by atoms with Crippen LogP contribution in [0.15, 0.2) is 0 Å². The van der Waals surface area contributed by atoms with E-state index in [1.165, 1.54) is 6.92 Å². The SMILES string of the molecule is CCN(CCC(=O)O)C(=O)C(F)F. The molecule has 0 aliphatic rings. The van der Waals surface area contributed by atoms with Gasteiger partial charge in [-0.3, -0.25) is 9.59 Å². The van der Waals surface area contributed by atoms with Gasteiger partial charge in [0.2, 0.25) is 0 Å². The summed E-state index contributed by atoms with van der Waals surface area (Å²) >= 11 is 0. The van der Waals surface area contributed by atoms with Crippen LogP contribution in [-0.2, 0) is 9.59 Å². The van der Waals surface area contributed by atoms with Gasteiger partial charge < -0.3 is 10.0 Å². The van der Waals surface area contributed by atoms with E-state index >= 15 is 0 Å². The predicted octanol–water partition coefficient (Wildman–Crippen LogP) is 0.575. The Morgan fingerprint density at radius 2 is 2.00 bits per heavy atom. The third-order valence-electron chi connectivity index (χ3n) is 1.48. The summed E-state index contributed by atoms with van der Waals surface area (Å²) in [5.74, 6) is -2.43. The van der Waals surface area contributed by atoms with E-state index in [2.05, 4.69) is 0 Å². The van der Waals surface area contributed by atoms with Crippen LogP contribution < -0.4 is 0 Å². The lowest BCUT2D eigenvalue weighted by atomic mass is 10.3. The number of carbonyl (C=O) groups is 2. The Morgan fingerprint density at radius 3 is 2.31 bits per heavy atom. The van der Waals surface area contributed by atoms with Crippen LogP contribution in [0, 0.1) is 0 Å². The quantitative estimate of drug-likeness (QED) is 0.697. The van der Waals surface area contributed by atoms with E-state index in [0.29, 0.717) is 0 Å². The highest BCUT2D eigenvalue weighted by Gasteiger charge is 2.21. The molecule has 6 heteroatoms. The van der Waals surface area contributed by atoms with Crippen molar-refractivity contribution in [1.82, 2.24) is 4.90 Å². The van der Waals surface area contributed by atoms with E-state index < -0.39 is 18.3 Å². The van der Waals surface area contributed by atoms with Crippen molar-refractivity contribution in [3.63, 3.8) is 0 Å². The molecule has 0 bridgehead atoms. The highest BCUT2D eigenvalue weighted by molar-refractivity contribution is 5.79. The maximum atomic E-state index is 11.9. The molecule has 0 heterocycles. The van der Waals surface area contributed by atoms with Crippen LogP contribution in [-0.4, -0.2) is 41.4 Å². The zero-order valence-corrected chi connectivity index (χ0v) is 7.17. The second-order valence-electron chi connectivity index (χ2n) is 2.36. The fourth-order valence-electron chi connectivity index (χ4n) is 0.793. The maximum absolute atomic E-state index is 11.9. The largest absolute Gasteiger partial charge is 0.481 e. The molecule has 0 aromatic carbocycles. The van der Waals surface area contributed by atoms with Crippen LogP contribution in [0.5, 0.6) is 0 Å². The van der Waals surface area contributed by atoms with E-state index in [9.17, 15) is 18.4 Å². The molecule has 0 aromatic heterocycles. The molecule has 0 rings (SSSR count). The molecule has 76 valence electrons. The molecule has 0 radical (unpaired) electrons. The van der Waals surface area contributed by atoms with Crippen molar-refractivity contribution >= 4 is 11.9 Å². The summed E-state index contributed by atoms with van der Waals surface area (Å²) in [5.41, 5.74) is 0. The van der Waals surface area contributed by atoms with Gasteiger partial charge in [0.1, 0.15) is 0 Å². The predicted molar refractivity (Wildman–Crippen MR) is 40.5 cm³/mol. The standard InChI is InChI=1S/C7H11F2NO3/c1-2-10(4-3-5(11)12)7(13)6(8)9/h6H,2-4H2,1H3,(H,11,12). The average molecular weight is 195 g/mol. The normalized spacial score (nSPS) is 10.2. The number of amides is 1. The average Bonchev–Trinajstić information content (AvgIpc) is 2.04. The van der Waals surface area contributed by atoms with Crippen LogP contribution >= 0.6 is 0 Å². The number of nitrogens with zero attached hydrogens (tertiary/aromatic N) is 1. The summed E-state index contributed by atoms with van der Waals surface area (Å²) in [6.07, 6.45) is -3.37. The lowest BCUT2D eigenvalue weighted by molar-refractivity contribution is -0.144. The molecular formula is C7H11F2NO3. The van der Waals surface area contributed by atoms with E-state index in [1.54, 1.807) is 0 Å². The van der Waals surface area contributed by atoms with Gasteiger partial charge in [-0.05, 0) is 6.92 Å². The number of rotatable bonds is 5. The Labute approximate surface area is 74.1 Å². The van der Waals surface area contributed by atoms with Gasteiger partial charge in [-0.25, -0.2) is 0 Å². The van der Waals surface area contributed by atoms with Crippen LogP contribution in [0.2, 0.25) is 0 Å². The molecule has 0 spiro atoms. The Hall–Kier alpha value is -1.20.